The number of benzene rings is 2. The predicted molar refractivity (Wildman–Crippen MR) is 110 cm³/mol. The van der Waals surface area contributed by atoms with Crippen LogP contribution in [-0.2, 0) is 7.05 Å². The Hall–Kier alpha value is -3.94. The van der Waals surface area contributed by atoms with E-state index < -0.39 is 5.91 Å². The Bertz CT molecular complexity index is 1470. The molecule has 5 aromatic rings. The molecule has 5 rings (SSSR count). The highest BCUT2D eigenvalue weighted by molar-refractivity contribution is 5.99. The molecule has 0 spiro atoms. The highest BCUT2D eigenvalue weighted by atomic mass is 16.3. The summed E-state index contributed by atoms with van der Waals surface area (Å²) in [5.41, 5.74) is 4.75. The van der Waals surface area contributed by atoms with Gasteiger partial charge in [-0.25, -0.2) is 4.98 Å². The van der Waals surface area contributed by atoms with E-state index in [0.29, 0.717) is 22.6 Å². The van der Waals surface area contributed by atoms with Gasteiger partial charge in [-0.05, 0) is 38.1 Å². The number of aromatic nitrogens is 4. The van der Waals surface area contributed by atoms with Gasteiger partial charge in [-0.1, -0.05) is 23.8 Å². The number of hydrogen-bond donors (Lipinski definition) is 2. The first-order chi connectivity index (χ1) is 14.0. The van der Waals surface area contributed by atoms with E-state index in [2.05, 4.69) is 20.2 Å². The van der Waals surface area contributed by atoms with Crippen molar-refractivity contribution in [2.45, 2.75) is 13.8 Å². The van der Waals surface area contributed by atoms with Crippen LogP contribution in [0, 0.1) is 13.8 Å². The van der Waals surface area contributed by atoms with Crippen LogP contribution in [-0.4, -0.2) is 29.9 Å². The van der Waals surface area contributed by atoms with Crippen LogP contribution in [0.4, 0.5) is 5.69 Å². The van der Waals surface area contributed by atoms with Crippen molar-refractivity contribution in [2.24, 2.45) is 17.3 Å². The number of nitrogens with one attached hydrogen (secondary N) is 1. The summed E-state index contributed by atoms with van der Waals surface area (Å²) in [6, 6.07) is 13.4. The van der Waals surface area contributed by atoms with E-state index >= 15 is 0 Å². The molecule has 0 fully saturated rings. The zero-order chi connectivity index (χ0) is 20.3. The number of nitrogens with zero attached hydrogens (tertiary/aromatic N) is 5. The minimum Gasteiger partial charge on any atom is -0.493 e. The van der Waals surface area contributed by atoms with Gasteiger partial charge >= 0.3 is 5.91 Å². The van der Waals surface area contributed by atoms with E-state index in [9.17, 15) is 9.90 Å². The van der Waals surface area contributed by atoms with Crippen LogP contribution in [0.2, 0.25) is 0 Å². The normalized spacial score (nSPS) is 12.1. The Balaban J connectivity index is 1.65. The van der Waals surface area contributed by atoms with Crippen molar-refractivity contribution < 1.29 is 9.90 Å². The van der Waals surface area contributed by atoms with Crippen LogP contribution in [0.5, 0.6) is 5.88 Å². The highest BCUT2D eigenvalue weighted by Crippen LogP contribution is 2.36. The van der Waals surface area contributed by atoms with Crippen LogP contribution in [0.25, 0.3) is 27.7 Å². The van der Waals surface area contributed by atoms with Gasteiger partial charge in [-0.3, -0.25) is 9.20 Å². The Kier molecular flexibility index (Phi) is 3.57. The van der Waals surface area contributed by atoms with Crippen LogP contribution >= 0.6 is 0 Å². The van der Waals surface area contributed by atoms with Gasteiger partial charge in [0, 0.05) is 12.4 Å². The fraction of sp³-hybridized carbons (Fsp3) is 0.143. The van der Waals surface area contributed by atoms with Gasteiger partial charge in [-0.2, -0.15) is 0 Å². The standard InChI is InChI=1S/C21H18N6O2/c1-11-8-9-14-13(10-11)17(19(28)23-14)24-25-20(29)18-12(2)22-21-26(3)15-6-4-5-7-16(15)27(18)21/h4-10,23,28H,1-3H3. The number of carbonyl (C=O) groups is 1. The van der Waals surface area contributed by atoms with E-state index in [0.717, 1.165) is 22.1 Å². The lowest BCUT2D eigenvalue weighted by Crippen LogP contribution is -2.01. The molecule has 0 saturated carbocycles. The van der Waals surface area contributed by atoms with Gasteiger partial charge in [-0.15, -0.1) is 10.2 Å². The molecule has 0 aliphatic heterocycles. The molecule has 2 N–H and O–H groups in total. The van der Waals surface area contributed by atoms with Gasteiger partial charge in [0.15, 0.2) is 5.69 Å². The third-order valence-corrected chi connectivity index (χ3v) is 5.17. The number of para-hydroxylation sites is 2. The van der Waals surface area contributed by atoms with Crippen LogP contribution in [0.3, 0.4) is 0 Å². The first-order valence-corrected chi connectivity index (χ1v) is 9.15. The monoisotopic (exact) mass is 386 g/mol. The van der Waals surface area contributed by atoms with Gasteiger partial charge in [0.25, 0.3) is 0 Å². The molecule has 0 aliphatic rings. The third-order valence-electron chi connectivity index (χ3n) is 5.17. The predicted octanol–water partition coefficient (Wildman–Crippen LogP) is 4.55. The Morgan fingerprint density at radius 2 is 1.90 bits per heavy atom. The molecular weight excluding hydrogens is 368 g/mol. The van der Waals surface area contributed by atoms with Gasteiger partial charge in [0.05, 0.1) is 22.2 Å². The largest absolute Gasteiger partial charge is 0.493 e. The third kappa shape index (κ3) is 2.46. The van der Waals surface area contributed by atoms with Crippen LogP contribution in [0.1, 0.15) is 21.7 Å². The molecule has 144 valence electrons. The van der Waals surface area contributed by atoms with Gasteiger partial charge < -0.3 is 14.7 Å². The van der Waals surface area contributed by atoms with E-state index in [1.54, 1.807) is 11.3 Å². The number of imidazole rings is 2. The summed E-state index contributed by atoms with van der Waals surface area (Å²) in [6.07, 6.45) is 0. The summed E-state index contributed by atoms with van der Waals surface area (Å²) in [5.74, 6) is 0.0167. The summed E-state index contributed by atoms with van der Waals surface area (Å²) >= 11 is 0. The second-order valence-corrected chi connectivity index (χ2v) is 7.11. The van der Waals surface area contributed by atoms with Crippen molar-refractivity contribution in [1.29, 1.82) is 0 Å². The lowest BCUT2D eigenvalue weighted by Gasteiger charge is -1.98. The molecule has 8 heteroatoms. The smallest absolute Gasteiger partial charge is 0.314 e. The number of rotatable bonds is 2. The van der Waals surface area contributed by atoms with Gasteiger partial charge in [0.1, 0.15) is 5.69 Å². The molecule has 0 unspecified atom stereocenters. The maximum absolute atomic E-state index is 13.0. The summed E-state index contributed by atoms with van der Waals surface area (Å²) in [6.45, 7) is 3.72. The van der Waals surface area contributed by atoms with E-state index in [4.69, 9.17) is 0 Å². The van der Waals surface area contributed by atoms with E-state index in [1.165, 1.54) is 0 Å². The number of fused-ring (bicyclic) bond motifs is 4. The molecule has 0 saturated heterocycles. The Morgan fingerprint density at radius 3 is 2.69 bits per heavy atom. The lowest BCUT2D eigenvalue weighted by molar-refractivity contribution is 0.0989. The second-order valence-electron chi connectivity index (χ2n) is 7.11. The molecule has 0 atom stereocenters. The molecule has 0 aliphatic carbocycles. The first-order valence-electron chi connectivity index (χ1n) is 9.15. The number of hydrogen-bond acceptors (Lipinski definition) is 4. The Morgan fingerprint density at radius 1 is 1.14 bits per heavy atom. The molecule has 0 radical (unpaired) electrons. The molecular formula is C21H18N6O2. The topological polar surface area (TPSA) is 100 Å². The SMILES string of the molecule is Cc1ccc2[nH]c(O)c(N=NC(=O)c3c(C)nc4n(C)c5ccccc5n34)c2c1. The quantitative estimate of drug-likeness (QED) is 0.435. The van der Waals surface area contributed by atoms with Crippen molar-refractivity contribution in [3.05, 3.63) is 59.4 Å². The van der Waals surface area contributed by atoms with E-state index in [-0.39, 0.29) is 11.6 Å². The lowest BCUT2D eigenvalue weighted by atomic mass is 10.2. The minimum atomic E-state index is -0.521. The number of amides is 1. The summed E-state index contributed by atoms with van der Waals surface area (Å²) < 4.78 is 3.73. The molecule has 1 amide bonds. The van der Waals surface area contributed by atoms with E-state index in [1.807, 2.05) is 61.0 Å². The molecule has 0 bridgehead atoms. The van der Waals surface area contributed by atoms with Crippen molar-refractivity contribution >= 4 is 39.3 Å². The zero-order valence-electron chi connectivity index (χ0n) is 16.1. The average Bonchev–Trinajstić information content (AvgIpc) is 3.29. The summed E-state index contributed by atoms with van der Waals surface area (Å²) in [4.78, 5) is 20.4. The molecule has 3 heterocycles. The molecule has 29 heavy (non-hydrogen) atoms. The number of aromatic hydroxyl groups is 1. The number of aromatic amines is 1. The fourth-order valence-corrected chi connectivity index (χ4v) is 3.78. The van der Waals surface area contributed by atoms with Crippen LogP contribution < -0.4 is 0 Å². The minimum absolute atomic E-state index is 0.123. The molecule has 8 nitrogen and oxygen atoms in total. The summed E-state index contributed by atoms with van der Waals surface area (Å²) in [5, 5.41) is 18.9. The van der Waals surface area contributed by atoms with Crippen LogP contribution in [0.15, 0.2) is 52.7 Å². The molecule has 3 aromatic heterocycles. The Labute approximate surface area is 165 Å². The number of H-pyrrole nitrogens is 1. The van der Waals surface area contributed by atoms with Crippen molar-refractivity contribution in [3.8, 4) is 5.88 Å². The zero-order valence-corrected chi connectivity index (χ0v) is 16.1. The fourth-order valence-electron chi connectivity index (χ4n) is 3.78. The second kappa shape index (κ2) is 6.03. The summed E-state index contributed by atoms with van der Waals surface area (Å²) in [7, 11) is 1.91. The van der Waals surface area contributed by atoms with Crippen molar-refractivity contribution in [3.63, 3.8) is 0 Å². The highest BCUT2D eigenvalue weighted by Gasteiger charge is 2.22. The van der Waals surface area contributed by atoms with Crippen molar-refractivity contribution in [1.82, 2.24) is 18.9 Å². The maximum Gasteiger partial charge on any atom is 0.314 e. The number of carbonyl (C=O) groups excluding carboxylic acids is 1. The average molecular weight is 386 g/mol. The molecule has 2 aromatic carbocycles. The maximum atomic E-state index is 13.0. The first kappa shape index (κ1) is 17.2. The number of azo groups is 1. The van der Waals surface area contributed by atoms with Crippen molar-refractivity contribution in [2.75, 3.05) is 0 Å². The van der Waals surface area contributed by atoms with Gasteiger partial charge in [0.2, 0.25) is 11.7 Å². The number of aryl methyl sites for hydroxylation is 3.